The molecule has 1 aliphatic heterocycles. The Bertz CT molecular complexity index is 585. The highest BCUT2D eigenvalue weighted by molar-refractivity contribution is 6.13. The SMILES string of the molecule is CCOc1ccc(NC(=O)C2(C(=O)N3CCCCCC3)CC2)cc1. The molecule has 1 aromatic carbocycles. The van der Waals surface area contributed by atoms with Crippen LogP contribution >= 0.6 is 0 Å². The molecule has 1 saturated heterocycles. The summed E-state index contributed by atoms with van der Waals surface area (Å²) < 4.78 is 5.40. The van der Waals surface area contributed by atoms with Crippen LogP contribution in [0, 0.1) is 5.41 Å². The van der Waals surface area contributed by atoms with Crippen LogP contribution in [0.15, 0.2) is 24.3 Å². The third-order valence-electron chi connectivity index (χ3n) is 4.91. The zero-order valence-electron chi connectivity index (χ0n) is 14.3. The third kappa shape index (κ3) is 3.55. The van der Waals surface area contributed by atoms with E-state index in [2.05, 4.69) is 5.32 Å². The first-order valence-corrected chi connectivity index (χ1v) is 8.99. The minimum absolute atomic E-state index is 0.0211. The van der Waals surface area contributed by atoms with Crippen molar-refractivity contribution >= 4 is 17.5 Å². The number of rotatable bonds is 5. The van der Waals surface area contributed by atoms with Crippen molar-refractivity contribution in [1.82, 2.24) is 4.90 Å². The quantitative estimate of drug-likeness (QED) is 0.844. The number of nitrogens with zero attached hydrogens (tertiary/aromatic N) is 1. The van der Waals surface area contributed by atoms with Crippen LogP contribution in [-0.4, -0.2) is 36.4 Å². The summed E-state index contributed by atoms with van der Waals surface area (Å²) in [6.45, 7) is 4.12. The number of benzene rings is 1. The summed E-state index contributed by atoms with van der Waals surface area (Å²) in [5.74, 6) is 0.631. The van der Waals surface area contributed by atoms with Gasteiger partial charge in [0.05, 0.1) is 6.61 Å². The Kier molecular flexibility index (Phi) is 5.07. The Morgan fingerprint density at radius 1 is 1.08 bits per heavy atom. The molecule has 5 nitrogen and oxygen atoms in total. The van der Waals surface area contributed by atoms with Crippen LogP contribution in [-0.2, 0) is 9.59 Å². The fourth-order valence-corrected chi connectivity index (χ4v) is 3.29. The number of likely N-dealkylation sites (tertiary alicyclic amines) is 1. The van der Waals surface area contributed by atoms with Crippen LogP contribution in [0.4, 0.5) is 5.69 Å². The van der Waals surface area contributed by atoms with Gasteiger partial charge in [-0.05, 0) is 56.9 Å². The van der Waals surface area contributed by atoms with Gasteiger partial charge in [-0.3, -0.25) is 9.59 Å². The van der Waals surface area contributed by atoms with E-state index in [4.69, 9.17) is 4.74 Å². The van der Waals surface area contributed by atoms with Crippen molar-refractivity contribution in [1.29, 1.82) is 0 Å². The molecule has 0 unspecified atom stereocenters. The highest BCUT2D eigenvalue weighted by atomic mass is 16.5. The van der Waals surface area contributed by atoms with Gasteiger partial charge in [0.1, 0.15) is 11.2 Å². The first kappa shape index (κ1) is 16.8. The molecule has 2 aliphatic rings. The molecule has 0 atom stereocenters. The van der Waals surface area contributed by atoms with Gasteiger partial charge in [-0.1, -0.05) is 12.8 Å². The Morgan fingerprint density at radius 3 is 2.25 bits per heavy atom. The van der Waals surface area contributed by atoms with E-state index in [0.29, 0.717) is 25.1 Å². The lowest BCUT2D eigenvalue weighted by Crippen LogP contribution is -2.43. The number of hydrogen-bond acceptors (Lipinski definition) is 3. The number of amides is 2. The monoisotopic (exact) mass is 330 g/mol. The van der Waals surface area contributed by atoms with Gasteiger partial charge < -0.3 is 15.0 Å². The summed E-state index contributed by atoms with van der Waals surface area (Å²) in [4.78, 5) is 27.4. The lowest BCUT2D eigenvalue weighted by molar-refractivity contribution is -0.142. The van der Waals surface area contributed by atoms with Gasteiger partial charge in [0.25, 0.3) is 0 Å². The van der Waals surface area contributed by atoms with Crippen LogP contribution in [0.2, 0.25) is 0 Å². The maximum absolute atomic E-state index is 12.9. The van der Waals surface area contributed by atoms with E-state index >= 15 is 0 Å². The van der Waals surface area contributed by atoms with Crippen molar-refractivity contribution in [2.45, 2.75) is 45.4 Å². The second-order valence-electron chi connectivity index (χ2n) is 6.70. The summed E-state index contributed by atoms with van der Waals surface area (Å²) in [7, 11) is 0. The van der Waals surface area contributed by atoms with Crippen molar-refractivity contribution < 1.29 is 14.3 Å². The van der Waals surface area contributed by atoms with Gasteiger partial charge in [0.2, 0.25) is 11.8 Å². The normalized spacial score (nSPS) is 19.3. The second-order valence-corrected chi connectivity index (χ2v) is 6.70. The maximum atomic E-state index is 12.9. The Hall–Kier alpha value is -2.04. The van der Waals surface area contributed by atoms with Crippen molar-refractivity contribution in [3.63, 3.8) is 0 Å². The van der Waals surface area contributed by atoms with Gasteiger partial charge >= 0.3 is 0 Å². The van der Waals surface area contributed by atoms with E-state index in [9.17, 15) is 9.59 Å². The summed E-state index contributed by atoms with van der Waals surface area (Å²) in [6.07, 6.45) is 5.76. The fourth-order valence-electron chi connectivity index (χ4n) is 3.29. The molecule has 0 radical (unpaired) electrons. The minimum Gasteiger partial charge on any atom is -0.494 e. The summed E-state index contributed by atoms with van der Waals surface area (Å²) >= 11 is 0. The minimum atomic E-state index is -0.830. The molecule has 0 bridgehead atoms. The average Bonchev–Trinajstić information content (AvgIpc) is 3.41. The number of nitrogens with one attached hydrogen (secondary N) is 1. The largest absolute Gasteiger partial charge is 0.494 e. The second kappa shape index (κ2) is 7.24. The number of anilines is 1. The lowest BCUT2D eigenvalue weighted by atomic mass is 10.0. The molecule has 3 rings (SSSR count). The summed E-state index contributed by atoms with van der Waals surface area (Å²) in [5, 5.41) is 2.91. The van der Waals surface area contributed by atoms with Crippen molar-refractivity contribution in [3.8, 4) is 5.75 Å². The number of carbonyl (C=O) groups is 2. The molecule has 130 valence electrons. The third-order valence-corrected chi connectivity index (χ3v) is 4.91. The zero-order valence-corrected chi connectivity index (χ0v) is 14.3. The van der Waals surface area contributed by atoms with Gasteiger partial charge in [-0.2, -0.15) is 0 Å². The molecule has 0 spiro atoms. The van der Waals surface area contributed by atoms with Crippen molar-refractivity contribution in [3.05, 3.63) is 24.3 Å². The maximum Gasteiger partial charge on any atom is 0.240 e. The summed E-state index contributed by atoms with van der Waals surface area (Å²) in [6, 6.07) is 7.29. The topological polar surface area (TPSA) is 58.6 Å². The molecule has 1 saturated carbocycles. The van der Waals surface area contributed by atoms with Crippen LogP contribution in [0.1, 0.15) is 45.4 Å². The van der Waals surface area contributed by atoms with Gasteiger partial charge in [-0.25, -0.2) is 0 Å². The highest BCUT2D eigenvalue weighted by Gasteiger charge is 2.57. The van der Waals surface area contributed by atoms with Crippen LogP contribution in [0.25, 0.3) is 0 Å². The van der Waals surface area contributed by atoms with Crippen LogP contribution < -0.4 is 10.1 Å². The number of carbonyl (C=O) groups excluding carboxylic acids is 2. The molecule has 1 heterocycles. The van der Waals surface area contributed by atoms with Crippen LogP contribution in [0.5, 0.6) is 5.75 Å². The van der Waals surface area contributed by atoms with E-state index in [1.54, 1.807) is 0 Å². The predicted octanol–water partition coefficient (Wildman–Crippen LogP) is 3.21. The highest BCUT2D eigenvalue weighted by Crippen LogP contribution is 2.48. The first-order valence-electron chi connectivity index (χ1n) is 8.99. The molecule has 1 aromatic rings. The predicted molar refractivity (Wildman–Crippen MR) is 93.0 cm³/mol. The molecule has 1 aliphatic carbocycles. The molecule has 1 N–H and O–H groups in total. The van der Waals surface area contributed by atoms with E-state index in [1.807, 2.05) is 36.1 Å². The van der Waals surface area contributed by atoms with Crippen LogP contribution in [0.3, 0.4) is 0 Å². The van der Waals surface area contributed by atoms with E-state index in [-0.39, 0.29) is 11.8 Å². The van der Waals surface area contributed by atoms with Gasteiger partial charge in [0.15, 0.2) is 0 Å². The van der Waals surface area contributed by atoms with Gasteiger partial charge in [-0.15, -0.1) is 0 Å². The molecule has 5 heteroatoms. The molecular weight excluding hydrogens is 304 g/mol. The zero-order chi connectivity index (χ0) is 17.0. The number of hydrogen-bond donors (Lipinski definition) is 1. The van der Waals surface area contributed by atoms with Crippen molar-refractivity contribution in [2.75, 3.05) is 25.0 Å². The average molecular weight is 330 g/mol. The Balaban J connectivity index is 1.63. The van der Waals surface area contributed by atoms with E-state index < -0.39 is 5.41 Å². The Morgan fingerprint density at radius 2 is 1.71 bits per heavy atom. The smallest absolute Gasteiger partial charge is 0.240 e. The van der Waals surface area contributed by atoms with Gasteiger partial charge in [0, 0.05) is 18.8 Å². The molecular formula is C19H26N2O3. The summed E-state index contributed by atoms with van der Waals surface area (Å²) in [5.41, 5.74) is -0.124. The van der Waals surface area contributed by atoms with E-state index in [1.165, 1.54) is 12.8 Å². The molecule has 0 aromatic heterocycles. The molecule has 24 heavy (non-hydrogen) atoms. The van der Waals surface area contributed by atoms with Crippen molar-refractivity contribution in [2.24, 2.45) is 5.41 Å². The fraction of sp³-hybridized carbons (Fsp3) is 0.579. The Labute approximate surface area is 143 Å². The standard InChI is InChI=1S/C19H26N2O3/c1-2-24-16-9-7-15(8-10-16)20-17(22)19(11-12-19)18(23)21-13-5-3-4-6-14-21/h7-10H,2-6,11-14H2,1H3,(H,20,22). The molecule has 2 amide bonds. The lowest BCUT2D eigenvalue weighted by Gasteiger charge is -2.25. The first-order chi connectivity index (χ1) is 11.7. The van der Waals surface area contributed by atoms with E-state index in [0.717, 1.165) is 31.7 Å². The number of ether oxygens (including phenoxy) is 1. The molecule has 2 fully saturated rings.